The standard InChI is InChI=1S/C29H25NO6/c1-2-13-34-22-10-6-9-20(16-22)26-25(27(31)21-11-12-23-24(17-21)36-15-14-35-23)28(32)29(33)30(26)18-19-7-4-3-5-8-19/h2-12,16-17,26,31H,1,13-15,18H2/b27-25-. The fraction of sp³-hybridized carbons (Fsp3) is 0.172. The predicted molar refractivity (Wildman–Crippen MR) is 134 cm³/mol. The largest absolute Gasteiger partial charge is 0.507 e. The van der Waals surface area contributed by atoms with Gasteiger partial charge in [-0.05, 0) is 41.5 Å². The molecule has 2 aliphatic heterocycles. The van der Waals surface area contributed by atoms with Gasteiger partial charge in [0, 0.05) is 12.1 Å². The summed E-state index contributed by atoms with van der Waals surface area (Å²) in [5, 5.41) is 11.4. The Hall–Kier alpha value is -4.52. The monoisotopic (exact) mass is 483 g/mol. The maximum Gasteiger partial charge on any atom is 0.295 e. The average Bonchev–Trinajstić information content (AvgIpc) is 3.17. The first-order valence-electron chi connectivity index (χ1n) is 11.6. The number of nitrogens with zero attached hydrogens (tertiary/aromatic N) is 1. The van der Waals surface area contributed by atoms with Gasteiger partial charge in [0.1, 0.15) is 31.3 Å². The summed E-state index contributed by atoms with van der Waals surface area (Å²) >= 11 is 0. The molecule has 3 aromatic rings. The number of Topliss-reactive ketones (excluding diaryl/α,β-unsaturated/α-hetero) is 1. The van der Waals surface area contributed by atoms with Crippen molar-refractivity contribution in [3.05, 3.63) is 108 Å². The first kappa shape index (κ1) is 23.2. The predicted octanol–water partition coefficient (Wildman–Crippen LogP) is 4.64. The third kappa shape index (κ3) is 4.43. The number of hydrogen-bond acceptors (Lipinski definition) is 6. The smallest absolute Gasteiger partial charge is 0.295 e. The van der Waals surface area contributed by atoms with E-state index in [1.165, 1.54) is 4.90 Å². The van der Waals surface area contributed by atoms with Gasteiger partial charge in [-0.15, -0.1) is 0 Å². The summed E-state index contributed by atoms with van der Waals surface area (Å²) in [6.07, 6.45) is 1.63. The molecule has 0 spiro atoms. The SMILES string of the molecule is C=CCOc1cccc(C2/C(=C(/O)c3ccc4c(c3)OCCO4)C(=O)C(=O)N2Cc2ccccc2)c1. The number of amides is 1. The lowest BCUT2D eigenvalue weighted by molar-refractivity contribution is -0.140. The van der Waals surface area contributed by atoms with Crippen LogP contribution in [0.1, 0.15) is 22.7 Å². The highest BCUT2D eigenvalue weighted by molar-refractivity contribution is 6.46. The van der Waals surface area contributed by atoms with E-state index in [1.54, 1.807) is 42.5 Å². The molecule has 0 aliphatic carbocycles. The van der Waals surface area contributed by atoms with Crippen LogP contribution < -0.4 is 14.2 Å². The van der Waals surface area contributed by atoms with Crippen molar-refractivity contribution in [2.45, 2.75) is 12.6 Å². The summed E-state index contributed by atoms with van der Waals surface area (Å²) < 4.78 is 16.9. The molecule has 3 aromatic carbocycles. The molecule has 7 heteroatoms. The fourth-order valence-corrected chi connectivity index (χ4v) is 4.45. The van der Waals surface area contributed by atoms with Gasteiger partial charge in [-0.1, -0.05) is 55.1 Å². The van der Waals surface area contributed by atoms with Gasteiger partial charge >= 0.3 is 0 Å². The summed E-state index contributed by atoms with van der Waals surface area (Å²) in [7, 11) is 0. The van der Waals surface area contributed by atoms with E-state index in [4.69, 9.17) is 14.2 Å². The van der Waals surface area contributed by atoms with Crippen LogP contribution in [0.25, 0.3) is 5.76 Å². The third-order valence-electron chi connectivity index (χ3n) is 6.09. The molecule has 1 saturated heterocycles. The van der Waals surface area contributed by atoms with E-state index in [-0.39, 0.29) is 17.9 Å². The molecule has 1 atom stereocenters. The Balaban J connectivity index is 1.62. The summed E-state index contributed by atoms with van der Waals surface area (Å²) in [5.41, 5.74) is 1.88. The van der Waals surface area contributed by atoms with Crippen LogP contribution in [0, 0.1) is 0 Å². The van der Waals surface area contributed by atoms with E-state index in [9.17, 15) is 14.7 Å². The number of hydrogen-bond donors (Lipinski definition) is 1. The number of ketones is 1. The van der Waals surface area contributed by atoms with E-state index >= 15 is 0 Å². The third-order valence-corrected chi connectivity index (χ3v) is 6.09. The summed E-state index contributed by atoms with van der Waals surface area (Å²) in [5.74, 6) is -0.104. The quantitative estimate of drug-likeness (QED) is 0.228. The van der Waals surface area contributed by atoms with Crippen LogP contribution >= 0.6 is 0 Å². The maximum atomic E-state index is 13.3. The number of aliphatic hydroxyl groups excluding tert-OH is 1. The zero-order chi connectivity index (χ0) is 25.1. The van der Waals surface area contributed by atoms with Gasteiger partial charge < -0.3 is 24.2 Å². The topological polar surface area (TPSA) is 85.3 Å². The van der Waals surface area contributed by atoms with E-state index < -0.39 is 17.7 Å². The van der Waals surface area contributed by atoms with Crippen LogP contribution in [0.5, 0.6) is 17.2 Å². The zero-order valence-electron chi connectivity index (χ0n) is 19.6. The molecule has 1 N–H and O–H groups in total. The van der Waals surface area contributed by atoms with Gasteiger partial charge in [0.25, 0.3) is 11.7 Å². The molecule has 0 aromatic heterocycles. The van der Waals surface area contributed by atoms with E-state index in [0.717, 1.165) is 5.56 Å². The molecular weight excluding hydrogens is 458 g/mol. The highest BCUT2D eigenvalue weighted by Gasteiger charge is 2.46. The lowest BCUT2D eigenvalue weighted by Gasteiger charge is -2.26. The highest BCUT2D eigenvalue weighted by Crippen LogP contribution is 2.42. The second-order valence-corrected chi connectivity index (χ2v) is 8.44. The number of likely N-dealkylation sites (tertiary alicyclic amines) is 1. The van der Waals surface area contributed by atoms with Crippen molar-refractivity contribution in [1.82, 2.24) is 4.90 Å². The van der Waals surface area contributed by atoms with Crippen molar-refractivity contribution in [3.63, 3.8) is 0 Å². The Morgan fingerprint density at radius 1 is 1.00 bits per heavy atom. The first-order chi connectivity index (χ1) is 17.6. The lowest BCUT2D eigenvalue weighted by atomic mass is 9.95. The molecule has 5 rings (SSSR count). The number of fused-ring (bicyclic) bond motifs is 1. The number of rotatable bonds is 7. The molecule has 1 unspecified atom stereocenters. The summed E-state index contributed by atoms with van der Waals surface area (Å²) in [6, 6.07) is 20.7. The van der Waals surface area contributed by atoms with Crippen LogP contribution in [-0.4, -0.2) is 41.5 Å². The summed E-state index contributed by atoms with van der Waals surface area (Å²) in [6.45, 7) is 5.00. The van der Waals surface area contributed by atoms with Crippen molar-refractivity contribution in [1.29, 1.82) is 0 Å². The van der Waals surface area contributed by atoms with Crippen molar-refractivity contribution in [2.24, 2.45) is 0 Å². The Kier molecular flexibility index (Phi) is 6.45. The summed E-state index contributed by atoms with van der Waals surface area (Å²) in [4.78, 5) is 28.1. The molecule has 1 amide bonds. The average molecular weight is 484 g/mol. The van der Waals surface area contributed by atoms with E-state index in [0.29, 0.717) is 48.2 Å². The Bertz CT molecular complexity index is 1350. The van der Waals surface area contributed by atoms with E-state index in [2.05, 4.69) is 6.58 Å². The molecular formula is C29H25NO6. The molecule has 0 bridgehead atoms. The normalized spacial score (nSPS) is 18.2. The van der Waals surface area contributed by atoms with Crippen LogP contribution in [0.3, 0.4) is 0 Å². The zero-order valence-corrected chi connectivity index (χ0v) is 19.6. The molecule has 0 saturated carbocycles. The van der Waals surface area contributed by atoms with Crippen molar-refractivity contribution >= 4 is 17.4 Å². The maximum absolute atomic E-state index is 13.3. The Labute approximate surface area is 208 Å². The fourth-order valence-electron chi connectivity index (χ4n) is 4.45. The van der Waals surface area contributed by atoms with Crippen molar-refractivity contribution in [2.75, 3.05) is 19.8 Å². The number of carbonyl (C=O) groups is 2. The Morgan fingerprint density at radius 3 is 2.56 bits per heavy atom. The minimum absolute atomic E-state index is 0.00785. The van der Waals surface area contributed by atoms with Gasteiger partial charge in [0.15, 0.2) is 11.5 Å². The molecule has 7 nitrogen and oxygen atoms in total. The van der Waals surface area contributed by atoms with Gasteiger partial charge in [-0.25, -0.2) is 0 Å². The minimum atomic E-state index is -0.814. The van der Waals surface area contributed by atoms with Crippen molar-refractivity contribution in [3.8, 4) is 17.2 Å². The minimum Gasteiger partial charge on any atom is -0.507 e. The van der Waals surface area contributed by atoms with Gasteiger partial charge in [0.2, 0.25) is 0 Å². The second kappa shape index (κ2) is 10.00. The molecule has 0 radical (unpaired) electrons. The number of aliphatic hydroxyl groups is 1. The molecule has 2 aliphatic rings. The molecule has 2 heterocycles. The van der Waals surface area contributed by atoms with Crippen LogP contribution in [0.4, 0.5) is 0 Å². The number of ether oxygens (including phenoxy) is 3. The van der Waals surface area contributed by atoms with Crippen LogP contribution in [0.2, 0.25) is 0 Å². The Morgan fingerprint density at radius 2 is 1.78 bits per heavy atom. The van der Waals surface area contributed by atoms with Crippen LogP contribution in [-0.2, 0) is 16.1 Å². The first-order valence-corrected chi connectivity index (χ1v) is 11.6. The van der Waals surface area contributed by atoms with Crippen LogP contribution in [0.15, 0.2) is 91.0 Å². The van der Waals surface area contributed by atoms with Gasteiger partial charge in [-0.3, -0.25) is 9.59 Å². The second-order valence-electron chi connectivity index (χ2n) is 8.44. The number of benzene rings is 3. The molecule has 1 fully saturated rings. The van der Waals surface area contributed by atoms with Gasteiger partial charge in [0.05, 0.1) is 11.6 Å². The van der Waals surface area contributed by atoms with Crippen molar-refractivity contribution < 1.29 is 28.9 Å². The van der Waals surface area contributed by atoms with Gasteiger partial charge in [-0.2, -0.15) is 0 Å². The number of carbonyl (C=O) groups excluding carboxylic acids is 2. The molecule has 182 valence electrons. The molecule has 36 heavy (non-hydrogen) atoms. The highest BCUT2D eigenvalue weighted by atomic mass is 16.6. The lowest BCUT2D eigenvalue weighted by Crippen LogP contribution is -2.29. The van der Waals surface area contributed by atoms with E-state index in [1.807, 2.05) is 36.4 Å².